The molecule has 0 spiro atoms. The number of carboxylic acids is 2. The average molecular weight is 1070 g/mol. The van der Waals surface area contributed by atoms with Gasteiger partial charge in [0.2, 0.25) is 11.8 Å². The molecule has 0 N–H and O–H groups in total. The van der Waals surface area contributed by atoms with Gasteiger partial charge in [-0.3, -0.25) is 0 Å². The fraction of sp³-hybridized carbons (Fsp3) is 0.562. The number of aromatic nitrogens is 2. The van der Waals surface area contributed by atoms with Crippen LogP contribution in [0.4, 0.5) is 26.3 Å². The third kappa shape index (κ3) is 26.8. The summed E-state index contributed by atoms with van der Waals surface area (Å²) in [5.74, 6) is -0.799. The molecule has 0 radical (unpaired) electrons. The second-order valence-corrected chi connectivity index (χ2v) is 16.1. The summed E-state index contributed by atoms with van der Waals surface area (Å²) in [6.07, 6.45) is 0. The van der Waals surface area contributed by atoms with Crippen LogP contribution in [0.25, 0.3) is 0 Å². The number of halogens is 6. The van der Waals surface area contributed by atoms with Crippen molar-refractivity contribution < 1.29 is 122 Å². The van der Waals surface area contributed by atoms with Gasteiger partial charge in [-0.05, 0) is 62.8 Å². The quantitative estimate of drug-likeness (QED) is 0.181. The van der Waals surface area contributed by atoms with E-state index in [4.69, 9.17) is 55.2 Å². The molecule has 2 aliphatic rings. The van der Waals surface area contributed by atoms with Crippen molar-refractivity contribution in [2.75, 3.05) is 13.2 Å². The van der Waals surface area contributed by atoms with E-state index in [1.807, 2.05) is 50.2 Å². The number of carbonyl (C=O) groups excluding carboxylic acids is 2. The van der Waals surface area contributed by atoms with Gasteiger partial charge in [-0.25, -0.2) is 36.8 Å². The molecule has 26 heteroatoms. The minimum atomic E-state index is -6.09. The first kappa shape index (κ1) is 61.6. The summed E-state index contributed by atoms with van der Waals surface area (Å²) in [5.41, 5.74) is -7.35. The number of carbonyl (C=O) groups is 2. The van der Waals surface area contributed by atoms with Crippen molar-refractivity contribution in [3.8, 4) is 0 Å². The average Bonchev–Trinajstić information content (AvgIpc) is 3.67. The van der Waals surface area contributed by atoms with Crippen molar-refractivity contribution in [2.45, 2.75) is 92.3 Å². The Balaban J connectivity index is -0.000000324. The first-order valence-electron chi connectivity index (χ1n) is 15.6. The fourth-order valence-electron chi connectivity index (χ4n) is 3.24. The third-order valence-corrected chi connectivity index (χ3v) is 7.22. The zero-order chi connectivity index (χ0) is 44.7. The number of pyridine rings is 2. The Labute approximate surface area is 360 Å². The van der Waals surface area contributed by atoms with Crippen LogP contribution in [0.2, 0.25) is 0 Å². The molecular weight excluding hydrogens is 1020 g/mol. The van der Waals surface area contributed by atoms with Crippen molar-refractivity contribution in [2.24, 2.45) is 20.8 Å². The normalized spacial score (nSPS) is 16.0. The van der Waals surface area contributed by atoms with Gasteiger partial charge in [0.1, 0.15) is 24.6 Å². The maximum absolute atomic E-state index is 10.7. The predicted molar refractivity (Wildman–Crippen MR) is 182 cm³/mol. The van der Waals surface area contributed by atoms with Gasteiger partial charge in [0.15, 0.2) is 20.2 Å². The maximum atomic E-state index is 10.7. The van der Waals surface area contributed by atoms with Crippen LogP contribution in [0.3, 0.4) is 0 Å². The molecule has 16 nitrogen and oxygen atoms in total. The predicted octanol–water partition coefficient (Wildman–Crippen LogP) is 2.77. The first-order valence-corrected chi connectivity index (χ1v) is 18.4. The van der Waals surface area contributed by atoms with Crippen LogP contribution < -0.4 is 10.2 Å². The van der Waals surface area contributed by atoms with E-state index in [2.05, 4.69) is 61.5 Å². The third-order valence-electron chi connectivity index (χ3n) is 6.08. The van der Waals surface area contributed by atoms with Gasteiger partial charge in [0.25, 0.3) is 0 Å². The standard InChI is InChI=1S/2C13H18N2O.2C2H4O2.2CHF3O3S.2Pd/c2*1-9-6-5-7-10(14-9)12-15-11(8-16-12)13(2,3)4;2*1-2(3)4;2*2-1(3,4)8(5,6)7;;/h2*5-7,11H,8H2,1-4H3;2*1H3,(H,3,4);2*(H,5,6,7);;/q;;;;;;2*+2/p-4/t2*11-;;;;;;/m11....../s1. The monoisotopic (exact) mass is 1060 g/mol. The number of aliphatic imine (C=N–C) groups is 2. The largest absolute Gasteiger partial charge is 2.00 e. The smallest absolute Gasteiger partial charge is 0.741 e. The fourth-order valence-corrected chi connectivity index (χ4v) is 3.24. The van der Waals surface area contributed by atoms with E-state index in [0.717, 1.165) is 36.6 Å². The van der Waals surface area contributed by atoms with Crippen molar-refractivity contribution in [1.29, 1.82) is 0 Å². The summed E-state index contributed by atoms with van der Waals surface area (Å²) in [6.45, 7) is 20.3. The number of carboxylic acid groups (broad SMARTS) is 2. The number of hydrogen-bond donors (Lipinski definition) is 0. The Morgan fingerprint density at radius 3 is 1.00 bits per heavy atom. The summed E-state index contributed by atoms with van der Waals surface area (Å²) >= 11 is 0. The Bertz CT molecular complexity index is 1740. The molecule has 2 aromatic rings. The van der Waals surface area contributed by atoms with Gasteiger partial charge < -0.3 is 38.4 Å². The molecule has 336 valence electrons. The minimum absolute atomic E-state index is 0. The molecule has 0 unspecified atom stereocenters. The van der Waals surface area contributed by atoms with Crippen LogP contribution in [0.5, 0.6) is 0 Å². The molecule has 58 heavy (non-hydrogen) atoms. The Hall–Kier alpha value is -3.10. The molecule has 2 atom stereocenters. The molecule has 2 aromatic heterocycles. The summed E-state index contributed by atoms with van der Waals surface area (Å²) in [4.78, 5) is 35.8. The molecule has 0 saturated heterocycles. The number of alkyl halides is 6. The molecule has 0 aromatic carbocycles. The Morgan fingerprint density at radius 1 is 0.621 bits per heavy atom. The molecule has 0 fully saturated rings. The van der Waals surface area contributed by atoms with Gasteiger partial charge in [-0.1, -0.05) is 53.7 Å². The van der Waals surface area contributed by atoms with Gasteiger partial charge in [-0.15, -0.1) is 0 Å². The van der Waals surface area contributed by atoms with Crippen molar-refractivity contribution in [1.82, 2.24) is 9.97 Å². The van der Waals surface area contributed by atoms with Gasteiger partial charge >= 0.3 is 51.9 Å². The molecular formula is C32H42F6N4O12Pd2S2. The van der Waals surface area contributed by atoms with Crippen LogP contribution in [0.15, 0.2) is 46.4 Å². The van der Waals surface area contributed by atoms with E-state index >= 15 is 0 Å². The number of nitrogens with zero attached hydrogens (tertiary/aromatic N) is 4. The van der Waals surface area contributed by atoms with Crippen LogP contribution in [0.1, 0.15) is 78.2 Å². The number of hydrogen-bond acceptors (Lipinski definition) is 16. The first-order chi connectivity index (χ1) is 24.9. The van der Waals surface area contributed by atoms with Gasteiger partial charge in [-0.2, -0.15) is 26.3 Å². The number of aliphatic carboxylic acids is 2. The summed E-state index contributed by atoms with van der Waals surface area (Å²) in [5, 5.41) is 17.8. The summed E-state index contributed by atoms with van der Waals surface area (Å²) < 4.78 is 129. The molecule has 0 amide bonds. The molecule has 4 rings (SSSR count). The van der Waals surface area contributed by atoms with Crippen LogP contribution >= 0.6 is 0 Å². The van der Waals surface area contributed by atoms with Crippen LogP contribution in [0, 0.1) is 24.7 Å². The van der Waals surface area contributed by atoms with E-state index in [-0.39, 0.29) is 63.8 Å². The second kappa shape index (κ2) is 25.5. The van der Waals surface area contributed by atoms with E-state index in [9.17, 15) is 26.3 Å². The molecule has 2 aliphatic heterocycles. The zero-order valence-corrected chi connectivity index (χ0v) is 37.2. The Morgan fingerprint density at radius 2 is 0.845 bits per heavy atom. The molecule has 4 heterocycles. The maximum Gasteiger partial charge on any atom is 2.00 e. The number of rotatable bonds is 2. The van der Waals surface area contributed by atoms with E-state index < -0.39 is 43.2 Å². The zero-order valence-electron chi connectivity index (χ0n) is 32.4. The van der Waals surface area contributed by atoms with Crippen LogP contribution in [-0.2, 0) is 80.1 Å². The van der Waals surface area contributed by atoms with E-state index in [1.54, 1.807) is 0 Å². The van der Waals surface area contributed by atoms with Crippen molar-refractivity contribution in [3.63, 3.8) is 0 Å². The topological polar surface area (TPSA) is 264 Å². The number of ether oxygens (including phenoxy) is 2. The summed E-state index contributed by atoms with van der Waals surface area (Å²) in [6, 6.07) is 12.2. The van der Waals surface area contributed by atoms with Gasteiger partial charge in [0, 0.05) is 23.3 Å². The molecule has 0 aliphatic carbocycles. The minimum Gasteiger partial charge on any atom is -0.741 e. The summed E-state index contributed by atoms with van der Waals surface area (Å²) in [7, 11) is -12.2. The van der Waals surface area contributed by atoms with Gasteiger partial charge in [0.05, 0.1) is 12.1 Å². The Kier molecular flexibility index (Phi) is 27.1. The van der Waals surface area contributed by atoms with Crippen LogP contribution in [-0.4, -0.2) is 96.0 Å². The molecule has 0 saturated carbocycles. The second-order valence-electron chi connectivity index (χ2n) is 13.4. The van der Waals surface area contributed by atoms with Crippen molar-refractivity contribution in [3.05, 3.63) is 59.2 Å². The SMILES string of the molecule is CC(=O)[O-].CC(=O)[O-].Cc1cccc(C2=N[C@@H](C(C)(C)C)CO2)n1.Cc1cccc(C2=N[C@@H](C(C)(C)C)CO2)n1.O=S(=O)([O-])C(F)(F)F.O=S(=O)([O-])C(F)(F)F.[Pd+2].[Pd+2]. The van der Waals surface area contributed by atoms with Crippen molar-refractivity contribution >= 4 is 44.0 Å². The van der Waals surface area contributed by atoms with E-state index in [0.29, 0.717) is 25.0 Å². The number of aryl methyl sites for hydroxylation is 2. The molecule has 0 bridgehead atoms. The van der Waals surface area contributed by atoms with E-state index in [1.165, 1.54) is 0 Å².